The molecule has 0 bridgehead atoms. The quantitative estimate of drug-likeness (QED) is 0.567. The molecular formula is C31H41N5O4. The van der Waals surface area contributed by atoms with Gasteiger partial charge in [-0.25, -0.2) is 0 Å². The number of carbonyl (C=O) groups excluding carboxylic acids is 3. The number of benzene rings is 1. The maximum Gasteiger partial charge on any atom is 0.255 e. The first-order chi connectivity index (χ1) is 19.3. The minimum atomic E-state index is -0.613. The smallest absolute Gasteiger partial charge is 0.255 e. The number of nitrogens with one attached hydrogen (secondary N) is 2. The number of aromatic amines is 1. The Balaban J connectivity index is 0.00000158. The first kappa shape index (κ1) is 28.1. The summed E-state index contributed by atoms with van der Waals surface area (Å²) < 4.78 is 7.43. The van der Waals surface area contributed by atoms with Crippen LogP contribution in [0.25, 0.3) is 11.3 Å². The number of hydrogen-bond acceptors (Lipinski definition) is 5. The van der Waals surface area contributed by atoms with Crippen LogP contribution in [0.3, 0.4) is 0 Å². The number of carbonyl (C=O) groups is 3. The Morgan fingerprint density at radius 1 is 1.05 bits per heavy atom. The van der Waals surface area contributed by atoms with Crippen LogP contribution in [0.15, 0.2) is 36.5 Å². The minimum absolute atomic E-state index is 0.156. The molecule has 5 heterocycles. The molecule has 3 saturated heterocycles. The number of aromatic nitrogens is 2. The van der Waals surface area contributed by atoms with Gasteiger partial charge in [0.05, 0.1) is 18.9 Å². The molecule has 2 aromatic rings. The summed E-state index contributed by atoms with van der Waals surface area (Å²) in [5, 5.41) is 5.85. The topological polar surface area (TPSA) is 99.7 Å². The molecule has 1 unspecified atom stereocenters. The van der Waals surface area contributed by atoms with Crippen molar-refractivity contribution in [3.8, 4) is 11.3 Å². The fourth-order valence-corrected chi connectivity index (χ4v) is 6.04. The van der Waals surface area contributed by atoms with Crippen molar-refractivity contribution in [1.82, 2.24) is 24.9 Å². The lowest BCUT2D eigenvalue weighted by Crippen LogP contribution is -2.52. The highest BCUT2D eigenvalue weighted by atomic mass is 16.5. The van der Waals surface area contributed by atoms with E-state index in [9.17, 15) is 14.4 Å². The first-order valence-corrected chi connectivity index (χ1v) is 14.5. The van der Waals surface area contributed by atoms with Gasteiger partial charge >= 0.3 is 0 Å². The van der Waals surface area contributed by atoms with Crippen molar-refractivity contribution in [3.63, 3.8) is 0 Å². The van der Waals surface area contributed by atoms with Crippen LogP contribution in [0.1, 0.15) is 66.6 Å². The van der Waals surface area contributed by atoms with Crippen molar-refractivity contribution in [2.45, 2.75) is 65.6 Å². The van der Waals surface area contributed by atoms with Gasteiger partial charge in [0.2, 0.25) is 11.8 Å². The summed E-state index contributed by atoms with van der Waals surface area (Å²) in [7, 11) is 1.97. The van der Waals surface area contributed by atoms with E-state index in [0.717, 1.165) is 49.7 Å². The summed E-state index contributed by atoms with van der Waals surface area (Å²) in [6.45, 7) is 11.4. The molecule has 214 valence electrons. The van der Waals surface area contributed by atoms with Crippen molar-refractivity contribution >= 4 is 17.7 Å². The Labute approximate surface area is 236 Å². The molecule has 0 radical (unpaired) electrons. The van der Waals surface area contributed by atoms with E-state index in [1.54, 1.807) is 4.90 Å². The van der Waals surface area contributed by atoms with Crippen LogP contribution in [-0.2, 0) is 34.5 Å². The third-order valence-electron chi connectivity index (χ3n) is 8.63. The van der Waals surface area contributed by atoms with Crippen molar-refractivity contribution in [2.75, 3.05) is 26.3 Å². The predicted molar refractivity (Wildman–Crippen MR) is 153 cm³/mol. The second kappa shape index (κ2) is 11.6. The van der Waals surface area contributed by atoms with E-state index >= 15 is 0 Å². The van der Waals surface area contributed by atoms with Gasteiger partial charge in [-0.2, -0.15) is 0 Å². The van der Waals surface area contributed by atoms with Crippen LogP contribution in [0, 0.1) is 12.3 Å². The van der Waals surface area contributed by atoms with E-state index in [-0.39, 0.29) is 24.1 Å². The van der Waals surface area contributed by atoms with Gasteiger partial charge in [-0.1, -0.05) is 19.9 Å². The molecule has 4 aliphatic rings. The fourth-order valence-electron chi connectivity index (χ4n) is 6.04. The number of ether oxygens (including phenoxy) is 1. The van der Waals surface area contributed by atoms with Crippen LogP contribution < -0.4 is 5.32 Å². The summed E-state index contributed by atoms with van der Waals surface area (Å²) >= 11 is 0. The molecule has 1 aromatic heterocycles. The number of likely N-dealkylation sites (tertiary alicyclic amines) is 1. The Bertz CT molecular complexity index is 1340. The van der Waals surface area contributed by atoms with Gasteiger partial charge in [-0.15, -0.1) is 0 Å². The number of nitrogens with zero attached hydrogens (tertiary/aromatic N) is 3. The van der Waals surface area contributed by atoms with Crippen LogP contribution in [0.2, 0.25) is 0 Å². The molecule has 6 rings (SSSR count). The van der Waals surface area contributed by atoms with Crippen molar-refractivity contribution in [2.24, 2.45) is 12.5 Å². The largest absolute Gasteiger partial charge is 0.380 e. The third-order valence-corrected chi connectivity index (χ3v) is 8.63. The number of amides is 3. The van der Waals surface area contributed by atoms with Crippen molar-refractivity contribution in [3.05, 3.63) is 58.8 Å². The standard InChI is InChI=1S/C29H35N5O4.C2H6/c1-19-7-10-32(2)31-24(14-21(19)15-33-11-8-29(9-12-33)17-38-18-29)20-3-4-23-22(13-20)16-34(28(23)37)25-5-6-26(35)30-27(25)36;1-2/h3-4,7,10,13-14,25,31H,5-6,8-9,11-12,15-18H2,1-2H3,(H,30,35,36);1-2H3. The maximum absolute atomic E-state index is 13.1. The number of imide groups is 1. The predicted octanol–water partition coefficient (Wildman–Crippen LogP) is 3.85. The molecule has 3 amide bonds. The second-order valence-corrected chi connectivity index (χ2v) is 11.3. The van der Waals surface area contributed by atoms with Gasteiger partial charge in [0.1, 0.15) is 6.04 Å². The molecule has 40 heavy (non-hydrogen) atoms. The maximum atomic E-state index is 13.1. The van der Waals surface area contributed by atoms with Crippen LogP contribution in [0.4, 0.5) is 0 Å². The van der Waals surface area contributed by atoms with Crippen LogP contribution >= 0.6 is 0 Å². The lowest BCUT2D eigenvalue weighted by Gasteiger charge is -2.47. The van der Waals surface area contributed by atoms with Gasteiger partial charge < -0.3 is 9.64 Å². The van der Waals surface area contributed by atoms with E-state index < -0.39 is 6.04 Å². The number of aryl methyl sites for hydroxylation is 2. The van der Waals surface area contributed by atoms with Gasteiger partial charge in [0.25, 0.3) is 5.91 Å². The highest BCUT2D eigenvalue weighted by molar-refractivity contribution is 6.05. The molecule has 1 spiro atoms. The molecule has 0 aliphatic carbocycles. The highest BCUT2D eigenvalue weighted by Crippen LogP contribution is 2.39. The molecule has 9 heteroatoms. The van der Waals surface area contributed by atoms with Gasteiger partial charge in [0, 0.05) is 43.7 Å². The summed E-state index contributed by atoms with van der Waals surface area (Å²) in [6, 6.07) is 9.63. The molecular weight excluding hydrogens is 506 g/mol. The molecule has 0 saturated carbocycles. The Kier molecular flexibility index (Phi) is 8.14. The molecule has 1 atom stereocenters. The molecule has 3 fully saturated rings. The molecule has 4 aliphatic heterocycles. The zero-order chi connectivity index (χ0) is 28.4. The van der Waals surface area contributed by atoms with E-state index in [1.807, 2.05) is 50.0 Å². The first-order valence-electron chi connectivity index (χ1n) is 14.5. The normalized spacial score (nSPS) is 21.8. The van der Waals surface area contributed by atoms with Gasteiger partial charge in [-0.3, -0.25) is 34.4 Å². The minimum Gasteiger partial charge on any atom is -0.380 e. The summed E-state index contributed by atoms with van der Waals surface area (Å²) in [5.74, 6) is -0.825. The molecule has 1 aromatic carbocycles. The number of fused-ring (bicyclic) bond motifs is 1. The monoisotopic (exact) mass is 547 g/mol. The van der Waals surface area contributed by atoms with Crippen molar-refractivity contribution < 1.29 is 19.1 Å². The van der Waals surface area contributed by atoms with E-state index in [1.165, 1.54) is 24.0 Å². The molecule has 2 N–H and O–H groups in total. The van der Waals surface area contributed by atoms with Crippen LogP contribution in [0.5, 0.6) is 0 Å². The van der Waals surface area contributed by atoms with Gasteiger partial charge in [0.15, 0.2) is 0 Å². The zero-order valence-corrected chi connectivity index (χ0v) is 24.1. The lowest BCUT2D eigenvalue weighted by atomic mass is 9.77. The number of piperidine rings is 2. The fraction of sp³-hybridized carbons (Fsp3) is 0.516. The van der Waals surface area contributed by atoms with E-state index in [4.69, 9.17) is 4.74 Å². The Morgan fingerprint density at radius 3 is 2.48 bits per heavy atom. The lowest BCUT2D eigenvalue weighted by molar-refractivity contribution is -0.140. The zero-order valence-electron chi connectivity index (χ0n) is 24.1. The van der Waals surface area contributed by atoms with E-state index in [2.05, 4.69) is 34.4 Å². The number of hydrogen-bond donors (Lipinski definition) is 2. The molecule has 9 nitrogen and oxygen atoms in total. The average molecular weight is 548 g/mol. The summed E-state index contributed by atoms with van der Waals surface area (Å²) in [4.78, 5) is 41.3. The van der Waals surface area contributed by atoms with E-state index in [0.29, 0.717) is 23.9 Å². The third kappa shape index (κ3) is 5.58. The number of rotatable bonds is 4. The Hall–Kier alpha value is -3.43. The summed E-state index contributed by atoms with van der Waals surface area (Å²) in [6.07, 6.45) is 5.02. The average Bonchev–Trinajstić information content (AvgIpc) is 3.26. The highest BCUT2D eigenvalue weighted by Gasteiger charge is 2.41. The van der Waals surface area contributed by atoms with Crippen molar-refractivity contribution in [1.29, 1.82) is 0 Å². The van der Waals surface area contributed by atoms with Crippen LogP contribution in [-0.4, -0.2) is 69.6 Å². The Morgan fingerprint density at radius 2 is 1.80 bits per heavy atom. The SMILES string of the molecule is CC.Cc1ccn(C)[nH]c(-c2ccc3c(c2)CN(C2CCC(=O)NC2=O)C3=O)cc1CN1CCC2(CC1)COC2. The number of H-pyrrole nitrogens is 1. The van der Waals surface area contributed by atoms with Gasteiger partial charge in [-0.05, 0) is 85.8 Å². The summed E-state index contributed by atoms with van der Waals surface area (Å²) in [5.41, 5.74) is 6.36. The second-order valence-electron chi connectivity index (χ2n) is 11.3.